The van der Waals surface area contributed by atoms with Crippen LogP contribution in [0.5, 0.6) is 0 Å². The first-order chi connectivity index (χ1) is 12.8. The van der Waals surface area contributed by atoms with Gasteiger partial charge in [0.15, 0.2) is 0 Å². The number of carbonyl (C=O) groups excluding carboxylic acids is 3. The summed E-state index contributed by atoms with van der Waals surface area (Å²) in [6, 6.07) is 9.35. The highest BCUT2D eigenvalue weighted by Crippen LogP contribution is 2.07. The van der Waals surface area contributed by atoms with Gasteiger partial charge in [-0.3, -0.25) is 9.59 Å². The van der Waals surface area contributed by atoms with Crippen LogP contribution in [0.25, 0.3) is 0 Å². The number of unbranched alkanes of at least 4 members (excludes halogenated alkanes) is 1. The summed E-state index contributed by atoms with van der Waals surface area (Å²) >= 11 is 0. The Bertz CT molecular complexity index is 670. The fourth-order valence-electron chi connectivity index (χ4n) is 2.36. The molecule has 0 aliphatic rings. The number of carbonyl (C=O) groups is 3. The van der Waals surface area contributed by atoms with E-state index in [0.717, 1.165) is 5.56 Å². The summed E-state index contributed by atoms with van der Waals surface area (Å²) in [7, 11) is 0. The van der Waals surface area contributed by atoms with Crippen molar-refractivity contribution in [1.29, 1.82) is 5.26 Å². The highest BCUT2D eigenvalue weighted by molar-refractivity contribution is 5.90. The summed E-state index contributed by atoms with van der Waals surface area (Å²) in [5.74, 6) is -1.44. The molecule has 0 aromatic heterocycles. The lowest BCUT2D eigenvalue weighted by atomic mass is 10.0. The van der Waals surface area contributed by atoms with E-state index in [0.29, 0.717) is 6.42 Å². The summed E-state index contributed by atoms with van der Waals surface area (Å²) in [6.45, 7) is 3.60. The van der Waals surface area contributed by atoms with Gasteiger partial charge in [-0.25, -0.2) is 4.79 Å². The van der Waals surface area contributed by atoms with E-state index in [1.54, 1.807) is 13.8 Å². The van der Waals surface area contributed by atoms with Gasteiger partial charge in [-0.15, -0.1) is 0 Å². The van der Waals surface area contributed by atoms with Crippen molar-refractivity contribution in [1.82, 2.24) is 10.6 Å². The number of nitrogens with two attached hydrogens (primary N) is 1. The first-order valence-corrected chi connectivity index (χ1v) is 8.79. The molecular weight excluding hydrogens is 348 g/mol. The Morgan fingerprint density at radius 1 is 1.19 bits per heavy atom. The molecular formula is C19H26N4O4. The minimum atomic E-state index is -0.894. The van der Waals surface area contributed by atoms with Crippen molar-refractivity contribution in [3.63, 3.8) is 0 Å². The van der Waals surface area contributed by atoms with E-state index in [1.807, 2.05) is 36.4 Å². The number of alkyl carbamates (subject to hydrolysis) is 1. The van der Waals surface area contributed by atoms with Gasteiger partial charge in [-0.05, 0) is 24.3 Å². The monoisotopic (exact) mass is 374 g/mol. The third kappa shape index (κ3) is 8.23. The van der Waals surface area contributed by atoms with E-state index in [1.165, 1.54) is 0 Å². The number of rotatable bonds is 10. The van der Waals surface area contributed by atoms with Gasteiger partial charge < -0.3 is 21.1 Å². The zero-order valence-electron chi connectivity index (χ0n) is 15.6. The third-order valence-corrected chi connectivity index (χ3v) is 3.88. The Hall–Kier alpha value is -3.08. The molecule has 1 rings (SSSR count). The molecule has 0 aliphatic heterocycles. The second kappa shape index (κ2) is 11.5. The quantitative estimate of drug-likeness (QED) is 0.535. The van der Waals surface area contributed by atoms with E-state index >= 15 is 0 Å². The number of hydrogen-bond acceptors (Lipinski definition) is 5. The molecule has 27 heavy (non-hydrogen) atoms. The molecule has 0 spiro atoms. The van der Waals surface area contributed by atoms with E-state index in [4.69, 9.17) is 15.7 Å². The van der Waals surface area contributed by atoms with Gasteiger partial charge in [0, 0.05) is 6.42 Å². The smallest absolute Gasteiger partial charge is 0.408 e. The summed E-state index contributed by atoms with van der Waals surface area (Å²) in [4.78, 5) is 36.0. The van der Waals surface area contributed by atoms with Crippen molar-refractivity contribution in [3.05, 3.63) is 35.9 Å². The van der Waals surface area contributed by atoms with Crippen molar-refractivity contribution < 1.29 is 19.1 Å². The average Bonchev–Trinajstić information content (AvgIpc) is 2.64. The van der Waals surface area contributed by atoms with Crippen LogP contribution in [0.2, 0.25) is 0 Å². The topological polar surface area (TPSA) is 134 Å². The van der Waals surface area contributed by atoms with Gasteiger partial charge in [-0.1, -0.05) is 44.2 Å². The van der Waals surface area contributed by atoms with Gasteiger partial charge in [0.05, 0.1) is 6.07 Å². The third-order valence-electron chi connectivity index (χ3n) is 3.88. The van der Waals surface area contributed by atoms with Gasteiger partial charge in [0.25, 0.3) is 0 Å². The zero-order chi connectivity index (χ0) is 20.2. The first kappa shape index (κ1) is 22.0. The molecule has 0 unspecified atom stereocenters. The van der Waals surface area contributed by atoms with Crippen LogP contribution >= 0.6 is 0 Å². The molecule has 8 heteroatoms. The summed E-state index contributed by atoms with van der Waals surface area (Å²) in [5, 5.41) is 13.6. The molecule has 0 fully saturated rings. The maximum Gasteiger partial charge on any atom is 0.408 e. The van der Waals surface area contributed by atoms with E-state index in [-0.39, 0.29) is 25.4 Å². The summed E-state index contributed by atoms with van der Waals surface area (Å²) in [6.07, 6.45) is 0.228. The molecule has 0 bridgehead atoms. The molecule has 0 saturated carbocycles. The van der Waals surface area contributed by atoms with E-state index in [9.17, 15) is 14.4 Å². The molecule has 4 N–H and O–H groups in total. The molecule has 0 heterocycles. The van der Waals surface area contributed by atoms with Crippen molar-refractivity contribution >= 4 is 17.9 Å². The van der Waals surface area contributed by atoms with Crippen molar-refractivity contribution in [2.45, 2.75) is 51.8 Å². The normalized spacial score (nSPS) is 12.5. The molecule has 0 saturated heterocycles. The zero-order valence-corrected chi connectivity index (χ0v) is 15.6. The van der Waals surface area contributed by atoms with Crippen LogP contribution in [-0.4, -0.2) is 30.0 Å². The summed E-state index contributed by atoms with van der Waals surface area (Å²) in [5.41, 5.74) is 6.13. The second-order valence-corrected chi connectivity index (χ2v) is 6.44. The van der Waals surface area contributed by atoms with Crippen molar-refractivity contribution in [3.8, 4) is 6.07 Å². The van der Waals surface area contributed by atoms with E-state index in [2.05, 4.69) is 10.6 Å². The number of nitriles is 1. The van der Waals surface area contributed by atoms with Crippen LogP contribution in [-0.2, 0) is 20.9 Å². The van der Waals surface area contributed by atoms with Gasteiger partial charge >= 0.3 is 6.09 Å². The number of nitrogens with zero attached hydrogens (tertiary/aromatic N) is 1. The molecule has 8 nitrogen and oxygen atoms in total. The minimum Gasteiger partial charge on any atom is -0.445 e. The van der Waals surface area contributed by atoms with Gasteiger partial charge in [-0.2, -0.15) is 5.26 Å². The molecule has 0 radical (unpaired) electrons. The Balaban J connectivity index is 2.61. The Morgan fingerprint density at radius 3 is 2.41 bits per heavy atom. The van der Waals surface area contributed by atoms with Crippen LogP contribution in [0.1, 0.15) is 38.7 Å². The molecule has 3 amide bonds. The lowest BCUT2D eigenvalue weighted by Crippen LogP contribution is -2.54. The Kier molecular flexibility index (Phi) is 9.37. The number of ether oxygens (including phenoxy) is 1. The fourth-order valence-corrected chi connectivity index (χ4v) is 2.36. The van der Waals surface area contributed by atoms with Crippen LogP contribution in [0.15, 0.2) is 30.3 Å². The Labute approximate surface area is 159 Å². The number of amides is 3. The SMILES string of the molecule is CC(C)[C@H](NC(=O)OCc1ccccc1)C(=O)N[C@H](CCCC#N)C(N)=O. The number of benzene rings is 1. The summed E-state index contributed by atoms with van der Waals surface area (Å²) < 4.78 is 5.13. The van der Waals surface area contributed by atoms with Crippen molar-refractivity contribution in [2.75, 3.05) is 0 Å². The van der Waals surface area contributed by atoms with Gasteiger partial charge in [0.1, 0.15) is 18.7 Å². The van der Waals surface area contributed by atoms with Gasteiger partial charge in [0.2, 0.25) is 11.8 Å². The maximum absolute atomic E-state index is 12.5. The molecule has 146 valence electrons. The highest BCUT2D eigenvalue weighted by Gasteiger charge is 2.28. The number of primary amides is 1. The van der Waals surface area contributed by atoms with Crippen LogP contribution in [0.4, 0.5) is 4.79 Å². The fraction of sp³-hybridized carbons (Fsp3) is 0.474. The Morgan fingerprint density at radius 2 is 1.85 bits per heavy atom. The predicted octanol–water partition coefficient (Wildman–Crippen LogP) is 1.60. The number of hydrogen-bond donors (Lipinski definition) is 3. The first-order valence-electron chi connectivity index (χ1n) is 8.79. The maximum atomic E-state index is 12.5. The number of nitrogens with one attached hydrogen (secondary N) is 2. The average molecular weight is 374 g/mol. The lowest BCUT2D eigenvalue weighted by molar-refractivity contribution is -0.129. The van der Waals surface area contributed by atoms with E-state index < -0.39 is 30.0 Å². The highest BCUT2D eigenvalue weighted by atomic mass is 16.5. The molecule has 1 aromatic carbocycles. The molecule has 0 aliphatic carbocycles. The standard InChI is InChI=1S/C19H26N4O4/c1-13(2)16(18(25)22-15(17(21)24)10-6-7-11-20)23-19(26)27-12-14-8-4-3-5-9-14/h3-5,8-9,13,15-16H,6-7,10,12H2,1-2H3,(H2,21,24)(H,22,25)(H,23,26)/t15-,16+/m1/s1. The lowest BCUT2D eigenvalue weighted by Gasteiger charge is -2.24. The molecule has 1 aromatic rings. The van der Waals surface area contributed by atoms with Crippen LogP contribution in [0, 0.1) is 17.2 Å². The molecule has 2 atom stereocenters. The minimum absolute atomic E-state index is 0.0805. The van der Waals surface area contributed by atoms with Crippen LogP contribution in [0.3, 0.4) is 0 Å². The van der Waals surface area contributed by atoms with Crippen molar-refractivity contribution in [2.24, 2.45) is 11.7 Å². The second-order valence-electron chi connectivity index (χ2n) is 6.44. The largest absolute Gasteiger partial charge is 0.445 e. The predicted molar refractivity (Wildman–Crippen MR) is 99.0 cm³/mol. The van der Waals surface area contributed by atoms with Crippen LogP contribution < -0.4 is 16.4 Å².